The van der Waals surface area contributed by atoms with Gasteiger partial charge in [0.25, 0.3) is 0 Å². The second-order valence-corrected chi connectivity index (χ2v) is 4.36. The van der Waals surface area contributed by atoms with Gasteiger partial charge >= 0.3 is 0 Å². The van der Waals surface area contributed by atoms with E-state index in [2.05, 4.69) is 30.8 Å². The molecule has 0 radical (unpaired) electrons. The summed E-state index contributed by atoms with van der Waals surface area (Å²) in [5.41, 5.74) is 2.87. The quantitative estimate of drug-likeness (QED) is 0.747. The van der Waals surface area contributed by atoms with Crippen LogP contribution in [0.2, 0.25) is 0 Å². The number of hydrogen-bond donors (Lipinski definition) is 1. The van der Waals surface area contributed by atoms with Gasteiger partial charge in [0.2, 0.25) is 0 Å². The summed E-state index contributed by atoms with van der Waals surface area (Å²) in [6.07, 6.45) is 5.54. The van der Waals surface area contributed by atoms with Gasteiger partial charge in [-0.2, -0.15) is 0 Å². The highest BCUT2D eigenvalue weighted by molar-refractivity contribution is 5.29. The fourth-order valence-corrected chi connectivity index (χ4v) is 2.42. The summed E-state index contributed by atoms with van der Waals surface area (Å²) in [6.45, 7) is 3.68. The highest BCUT2D eigenvalue weighted by Gasteiger charge is 2.23. The third-order valence-electron chi connectivity index (χ3n) is 3.34. The highest BCUT2D eigenvalue weighted by atomic mass is 16.3. The lowest BCUT2D eigenvalue weighted by molar-refractivity contribution is 0.102. The Kier molecular flexibility index (Phi) is 3.22. The van der Waals surface area contributed by atoms with Crippen molar-refractivity contribution in [3.63, 3.8) is 0 Å². The van der Waals surface area contributed by atoms with E-state index in [-0.39, 0.29) is 6.10 Å². The molecule has 2 unspecified atom stereocenters. The van der Waals surface area contributed by atoms with Gasteiger partial charge in [-0.25, -0.2) is 0 Å². The van der Waals surface area contributed by atoms with Gasteiger partial charge in [-0.3, -0.25) is 0 Å². The molecule has 1 heteroatoms. The maximum absolute atomic E-state index is 9.93. The molecule has 0 amide bonds. The predicted octanol–water partition coefficient (Wildman–Crippen LogP) is 2.73. The van der Waals surface area contributed by atoms with Crippen molar-refractivity contribution in [1.82, 2.24) is 0 Å². The zero-order valence-electron chi connectivity index (χ0n) is 9.02. The average molecular weight is 202 g/mol. The van der Waals surface area contributed by atoms with E-state index >= 15 is 0 Å². The van der Waals surface area contributed by atoms with Gasteiger partial charge in [-0.1, -0.05) is 30.3 Å². The smallest absolute Gasteiger partial charge is 0.0605 e. The molecule has 0 saturated heterocycles. The van der Waals surface area contributed by atoms with Crippen molar-refractivity contribution < 1.29 is 5.11 Å². The van der Waals surface area contributed by atoms with Gasteiger partial charge in [0.15, 0.2) is 0 Å². The van der Waals surface area contributed by atoms with Crippen molar-refractivity contribution in [2.75, 3.05) is 0 Å². The van der Waals surface area contributed by atoms with Crippen LogP contribution in [0.4, 0.5) is 0 Å². The van der Waals surface area contributed by atoms with E-state index in [4.69, 9.17) is 0 Å². The maximum atomic E-state index is 9.93. The molecule has 0 heterocycles. The van der Waals surface area contributed by atoms with Gasteiger partial charge in [0.05, 0.1) is 6.10 Å². The van der Waals surface area contributed by atoms with E-state index in [1.165, 1.54) is 11.1 Å². The van der Waals surface area contributed by atoms with Crippen LogP contribution in [0.25, 0.3) is 0 Å². The Hall–Kier alpha value is -1.08. The van der Waals surface area contributed by atoms with Crippen LogP contribution in [-0.2, 0) is 12.8 Å². The molecule has 0 bridgehead atoms. The molecule has 15 heavy (non-hydrogen) atoms. The standard InChI is InChI=1S/C14H18O/c1-2-5-14(15)13-9-8-11-6-3-4-7-12(11)10-13/h2-4,6-7,13-15H,1,5,8-10H2. The molecule has 1 nitrogen and oxygen atoms in total. The van der Waals surface area contributed by atoms with Crippen molar-refractivity contribution >= 4 is 0 Å². The minimum atomic E-state index is -0.212. The molecule has 0 aromatic heterocycles. The molecular weight excluding hydrogens is 184 g/mol. The van der Waals surface area contributed by atoms with E-state index in [9.17, 15) is 5.11 Å². The predicted molar refractivity (Wildman–Crippen MR) is 62.8 cm³/mol. The molecule has 2 rings (SSSR count). The molecule has 0 spiro atoms. The Labute approximate surface area is 91.4 Å². The molecule has 2 atom stereocenters. The van der Waals surface area contributed by atoms with Crippen LogP contribution >= 0.6 is 0 Å². The second kappa shape index (κ2) is 4.63. The fourth-order valence-electron chi connectivity index (χ4n) is 2.42. The summed E-state index contributed by atoms with van der Waals surface area (Å²) in [6, 6.07) is 8.56. The topological polar surface area (TPSA) is 20.2 Å². The molecule has 0 saturated carbocycles. The summed E-state index contributed by atoms with van der Waals surface area (Å²) in [4.78, 5) is 0. The fraction of sp³-hybridized carbons (Fsp3) is 0.429. The lowest BCUT2D eigenvalue weighted by Gasteiger charge is -2.27. The van der Waals surface area contributed by atoms with Crippen molar-refractivity contribution in [2.24, 2.45) is 5.92 Å². The van der Waals surface area contributed by atoms with Crippen LogP contribution in [0, 0.1) is 5.92 Å². The van der Waals surface area contributed by atoms with E-state index in [0.717, 1.165) is 19.3 Å². The molecule has 0 fully saturated rings. The molecule has 1 aromatic carbocycles. The number of rotatable bonds is 3. The Balaban J connectivity index is 2.08. The normalized spacial score (nSPS) is 21.8. The van der Waals surface area contributed by atoms with Gasteiger partial charge in [0, 0.05) is 0 Å². The lowest BCUT2D eigenvalue weighted by atomic mass is 9.80. The van der Waals surface area contributed by atoms with Gasteiger partial charge in [-0.15, -0.1) is 6.58 Å². The lowest BCUT2D eigenvalue weighted by Crippen LogP contribution is -2.26. The second-order valence-electron chi connectivity index (χ2n) is 4.36. The Bertz CT molecular complexity index is 343. The van der Waals surface area contributed by atoms with E-state index in [0.29, 0.717) is 12.3 Å². The molecule has 80 valence electrons. The molecule has 1 aromatic rings. The first kappa shape index (κ1) is 10.4. The number of aliphatic hydroxyl groups is 1. The molecular formula is C14H18O. The van der Waals surface area contributed by atoms with Gasteiger partial charge in [-0.05, 0) is 42.7 Å². The summed E-state index contributed by atoms with van der Waals surface area (Å²) in [5.74, 6) is 0.415. The van der Waals surface area contributed by atoms with Gasteiger partial charge in [0.1, 0.15) is 0 Å². The molecule has 0 aliphatic heterocycles. The highest BCUT2D eigenvalue weighted by Crippen LogP contribution is 2.28. The van der Waals surface area contributed by atoms with Crippen LogP contribution in [-0.4, -0.2) is 11.2 Å². The first-order valence-corrected chi connectivity index (χ1v) is 5.67. The van der Waals surface area contributed by atoms with Crippen LogP contribution < -0.4 is 0 Å². The zero-order chi connectivity index (χ0) is 10.7. The van der Waals surface area contributed by atoms with Gasteiger partial charge < -0.3 is 5.11 Å². The van der Waals surface area contributed by atoms with Crippen molar-refractivity contribution in [3.8, 4) is 0 Å². The largest absolute Gasteiger partial charge is 0.393 e. The first-order valence-electron chi connectivity index (χ1n) is 5.67. The van der Waals surface area contributed by atoms with Crippen LogP contribution in [0.3, 0.4) is 0 Å². The number of benzene rings is 1. The molecule has 1 N–H and O–H groups in total. The third-order valence-corrected chi connectivity index (χ3v) is 3.34. The van der Waals surface area contributed by atoms with E-state index in [1.54, 1.807) is 0 Å². The Morgan fingerprint density at radius 1 is 1.40 bits per heavy atom. The van der Waals surface area contributed by atoms with E-state index < -0.39 is 0 Å². The SMILES string of the molecule is C=CCC(O)C1CCc2ccccc2C1. The Morgan fingerprint density at radius 3 is 2.87 bits per heavy atom. The first-order chi connectivity index (χ1) is 7.31. The van der Waals surface area contributed by atoms with Crippen LogP contribution in [0.15, 0.2) is 36.9 Å². The van der Waals surface area contributed by atoms with Crippen molar-refractivity contribution in [1.29, 1.82) is 0 Å². The maximum Gasteiger partial charge on any atom is 0.0605 e. The van der Waals surface area contributed by atoms with Crippen molar-refractivity contribution in [2.45, 2.75) is 31.8 Å². The Morgan fingerprint density at radius 2 is 2.13 bits per heavy atom. The molecule has 1 aliphatic carbocycles. The summed E-state index contributed by atoms with van der Waals surface area (Å²) in [7, 11) is 0. The van der Waals surface area contributed by atoms with Crippen molar-refractivity contribution in [3.05, 3.63) is 48.0 Å². The number of aryl methyl sites for hydroxylation is 1. The molecule has 1 aliphatic rings. The average Bonchev–Trinajstić information content (AvgIpc) is 2.29. The minimum absolute atomic E-state index is 0.212. The third kappa shape index (κ3) is 2.29. The van der Waals surface area contributed by atoms with E-state index in [1.807, 2.05) is 6.08 Å². The summed E-state index contributed by atoms with van der Waals surface area (Å²) >= 11 is 0. The number of fused-ring (bicyclic) bond motifs is 1. The minimum Gasteiger partial charge on any atom is -0.393 e. The summed E-state index contributed by atoms with van der Waals surface area (Å²) < 4.78 is 0. The van der Waals surface area contributed by atoms with Crippen LogP contribution in [0.5, 0.6) is 0 Å². The number of aliphatic hydroxyl groups excluding tert-OH is 1. The number of hydrogen-bond acceptors (Lipinski definition) is 1. The monoisotopic (exact) mass is 202 g/mol. The van der Waals surface area contributed by atoms with Crippen LogP contribution in [0.1, 0.15) is 24.0 Å². The zero-order valence-corrected chi connectivity index (χ0v) is 9.02. The summed E-state index contributed by atoms with van der Waals surface area (Å²) in [5, 5.41) is 9.93.